The smallest absolute Gasteiger partial charge is 0.314 e. The van der Waals surface area contributed by atoms with Gasteiger partial charge in [0.25, 0.3) is 0 Å². The number of nitrogens with one attached hydrogen (secondary N) is 1. The number of halogens is 1. The van der Waals surface area contributed by atoms with Crippen molar-refractivity contribution in [2.24, 2.45) is 5.73 Å². The fourth-order valence-electron chi connectivity index (χ4n) is 0.0538. The first kappa shape index (κ1) is 5.20. The average Bonchev–Trinajstić information content (AvgIpc) is 1.35. The van der Waals surface area contributed by atoms with Crippen LogP contribution < -0.4 is 11.1 Å². The molecule has 0 aliphatic rings. The molecule has 0 aromatic heterocycles. The lowest BCUT2D eigenvalue weighted by Crippen LogP contribution is -2.25. The number of hydrogen-bond donors (Lipinski definition) is 2. The molecule has 1 radical (unpaired) electrons. The number of carbonyl (C=O) groups is 1. The molecule has 0 aromatic carbocycles. The first-order chi connectivity index (χ1) is 2.77. The molecule has 0 fully saturated rings. The van der Waals surface area contributed by atoms with Crippen molar-refractivity contribution in [3.05, 3.63) is 6.80 Å². The number of carbonyl (C=O) groups excluding carboxylic acids is 1. The molecular formula is C2H4FN2O. The molecule has 0 saturated carbocycles. The maximum Gasteiger partial charge on any atom is 0.314 e. The third-order valence-electron chi connectivity index (χ3n) is 0.197. The van der Waals surface area contributed by atoms with E-state index < -0.39 is 6.03 Å². The molecule has 0 aromatic rings. The SMILES string of the molecule is NC(=O)N[CH]F. The zero-order chi connectivity index (χ0) is 4.99. The monoisotopic (exact) mass is 91.0 g/mol. The van der Waals surface area contributed by atoms with Crippen LogP contribution in [0.3, 0.4) is 0 Å². The van der Waals surface area contributed by atoms with E-state index in [0.29, 0.717) is 0 Å². The van der Waals surface area contributed by atoms with Crippen molar-refractivity contribution in [3.8, 4) is 0 Å². The average molecular weight is 91.1 g/mol. The third kappa shape index (κ3) is 3.20. The predicted molar refractivity (Wildman–Crippen MR) is 18.1 cm³/mol. The molecule has 0 saturated heterocycles. The summed E-state index contributed by atoms with van der Waals surface area (Å²) >= 11 is 0. The largest absolute Gasteiger partial charge is 0.352 e. The first-order valence-corrected chi connectivity index (χ1v) is 1.25. The highest BCUT2D eigenvalue weighted by Gasteiger charge is 1.83. The summed E-state index contributed by atoms with van der Waals surface area (Å²) in [6.07, 6.45) is 0. The number of amides is 2. The van der Waals surface area contributed by atoms with Crippen LogP contribution >= 0.6 is 0 Å². The van der Waals surface area contributed by atoms with Crippen LogP contribution in [0.25, 0.3) is 0 Å². The van der Waals surface area contributed by atoms with Crippen LogP contribution in [0.1, 0.15) is 0 Å². The van der Waals surface area contributed by atoms with E-state index in [9.17, 15) is 9.18 Å². The zero-order valence-electron chi connectivity index (χ0n) is 2.94. The Kier molecular flexibility index (Phi) is 2.11. The van der Waals surface area contributed by atoms with Gasteiger partial charge < -0.3 is 11.1 Å². The summed E-state index contributed by atoms with van der Waals surface area (Å²) in [7, 11) is 0. The van der Waals surface area contributed by atoms with E-state index in [1.54, 1.807) is 5.32 Å². The van der Waals surface area contributed by atoms with Crippen molar-refractivity contribution in [1.29, 1.82) is 0 Å². The lowest BCUT2D eigenvalue weighted by molar-refractivity contribution is 0.248. The summed E-state index contributed by atoms with van der Waals surface area (Å²) in [6.45, 7) is -0.0255. The summed E-state index contributed by atoms with van der Waals surface area (Å²) < 4.78 is 10.7. The molecule has 35 valence electrons. The minimum atomic E-state index is -0.891. The molecular weight excluding hydrogens is 87.0 g/mol. The van der Waals surface area contributed by atoms with Gasteiger partial charge in [0.2, 0.25) is 6.80 Å². The van der Waals surface area contributed by atoms with E-state index >= 15 is 0 Å². The topological polar surface area (TPSA) is 55.1 Å². The summed E-state index contributed by atoms with van der Waals surface area (Å²) in [5, 5.41) is 1.56. The second-order valence-electron chi connectivity index (χ2n) is 0.618. The Balaban J connectivity index is 2.83. The molecule has 0 spiro atoms. The summed E-state index contributed by atoms with van der Waals surface area (Å²) in [5.41, 5.74) is 4.38. The van der Waals surface area contributed by atoms with Crippen molar-refractivity contribution in [3.63, 3.8) is 0 Å². The Bertz CT molecular complexity index is 55.5. The van der Waals surface area contributed by atoms with E-state index in [1.807, 2.05) is 0 Å². The highest BCUT2D eigenvalue weighted by molar-refractivity contribution is 5.71. The number of rotatable bonds is 1. The quantitative estimate of drug-likeness (QED) is 0.429. The molecule has 4 heteroatoms. The molecule has 0 heterocycles. The minimum absolute atomic E-state index is 0.0255. The van der Waals surface area contributed by atoms with Gasteiger partial charge in [-0.2, -0.15) is 0 Å². The molecule has 3 N–H and O–H groups in total. The number of nitrogens with two attached hydrogens (primary N) is 1. The van der Waals surface area contributed by atoms with Crippen LogP contribution in [0.15, 0.2) is 0 Å². The molecule has 0 atom stereocenters. The molecule has 0 aliphatic heterocycles. The molecule has 0 aliphatic carbocycles. The maximum absolute atomic E-state index is 10.7. The van der Waals surface area contributed by atoms with Crippen LogP contribution in [-0.4, -0.2) is 6.03 Å². The van der Waals surface area contributed by atoms with Crippen molar-refractivity contribution >= 4 is 6.03 Å². The van der Waals surface area contributed by atoms with Gasteiger partial charge in [-0.15, -0.1) is 0 Å². The second-order valence-corrected chi connectivity index (χ2v) is 0.618. The highest BCUT2D eigenvalue weighted by atomic mass is 19.1. The number of urea groups is 1. The summed E-state index contributed by atoms with van der Waals surface area (Å²) in [6, 6.07) is -0.891. The number of primary amides is 1. The van der Waals surface area contributed by atoms with Crippen LogP contribution in [0.4, 0.5) is 9.18 Å². The lowest BCUT2D eigenvalue weighted by Gasteiger charge is -1.84. The van der Waals surface area contributed by atoms with Gasteiger partial charge in [-0.3, -0.25) is 0 Å². The third-order valence-corrected chi connectivity index (χ3v) is 0.197. The van der Waals surface area contributed by atoms with Gasteiger partial charge in [0.1, 0.15) is 0 Å². The first-order valence-electron chi connectivity index (χ1n) is 1.25. The molecule has 2 amide bonds. The second kappa shape index (κ2) is 2.44. The minimum Gasteiger partial charge on any atom is -0.352 e. The molecule has 6 heavy (non-hydrogen) atoms. The van der Waals surface area contributed by atoms with E-state index in [0.717, 1.165) is 0 Å². The number of hydrogen-bond acceptors (Lipinski definition) is 1. The fourth-order valence-corrected chi connectivity index (χ4v) is 0.0538. The molecule has 0 unspecified atom stereocenters. The van der Waals surface area contributed by atoms with Gasteiger partial charge >= 0.3 is 6.03 Å². The van der Waals surface area contributed by atoms with Crippen LogP contribution in [0, 0.1) is 6.80 Å². The van der Waals surface area contributed by atoms with Crippen molar-refractivity contribution < 1.29 is 9.18 Å². The normalized spacial score (nSPS) is 7.50. The van der Waals surface area contributed by atoms with Gasteiger partial charge in [-0.1, -0.05) is 0 Å². The van der Waals surface area contributed by atoms with Crippen LogP contribution in [0.5, 0.6) is 0 Å². The lowest BCUT2D eigenvalue weighted by atomic mass is 11.0. The van der Waals surface area contributed by atoms with Crippen LogP contribution in [0.2, 0.25) is 0 Å². The maximum atomic E-state index is 10.7. The standard InChI is InChI=1S/C2H4FN2O/c3-1-5-2(4)6/h1H,(H3,4,5,6). The fraction of sp³-hybridized carbons (Fsp3) is 0. The zero-order valence-corrected chi connectivity index (χ0v) is 2.94. The van der Waals surface area contributed by atoms with E-state index in [1.165, 1.54) is 0 Å². The van der Waals surface area contributed by atoms with E-state index in [2.05, 4.69) is 5.73 Å². The van der Waals surface area contributed by atoms with Gasteiger partial charge in [-0.25, -0.2) is 9.18 Å². The van der Waals surface area contributed by atoms with Crippen molar-refractivity contribution in [2.45, 2.75) is 0 Å². The van der Waals surface area contributed by atoms with Crippen LogP contribution in [-0.2, 0) is 0 Å². The van der Waals surface area contributed by atoms with Gasteiger partial charge in [0.05, 0.1) is 0 Å². The van der Waals surface area contributed by atoms with E-state index in [4.69, 9.17) is 0 Å². The van der Waals surface area contributed by atoms with Gasteiger partial charge in [0, 0.05) is 0 Å². The summed E-state index contributed by atoms with van der Waals surface area (Å²) in [4.78, 5) is 9.44. The van der Waals surface area contributed by atoms with E-state index in [-0.39, 0.29) is 6.80 Å². The highest BCUT2D eigenvalue weighted by Crippen LogP contribution is 1.63. The van der Waals surface area contributed by atoms with Crippen molar-refractivity contribution in [2.75, 3.05) is 0 Å². The Labute approximate surface area is 34.3 Å². The predicted octanol–water partition coefficient (Wildman–Crippen LogP) is -0.257. The Morgan fingerprint density at radius 2 is 2.50 bits per heavy atom. The Hall–Kier alpha value is -0.800. The van der Waals surface area contributed by atoms with Crippen molar-refractivity contribution in [1.82, 2.24) is 5.32 Å². The van der Waals surface area contributed by atoms with Gasteiger partial charge in [-0.05, 0) is 0 Å². The molecule has 3 nitrogen and oxygen atoms in total. The molecule has 0 bridgehead atoms. The summed E-state index contributed by atoms with van der Waals surface area (Å²) in [5.74, 6) is 0. The Morgan fingerprint density at radius 1 is 2.00 bits per heavy atom. The van der Waals surface area contributed by atoms with Gasteiger partial charge in [0.15, 0.2) is 0 Å². The molecule has 0 rings (SSSR count). The Morgan fingerprint density at radius 3 is 2.50 bits per heavy atom.